The minimum Gasteiger partial charge on any atom is -0.508 e. The lowest BCUT2D eigenvalue weighted by molar-refractivity contribution is 0.106. The molecule has 4 heteroatoms. The van der Waals surface area contributed by atoms with Gasteiger partial charge in [-0.25, -0.2) is 4.79 Å². The molecule has 0 spiro atoms. The Bertz CT molecular complexity index is 937. The summed E-state index contributed by atoms with van der Waals surface area (Å²) >= 11 is 0. The van der Waals surface area contributed by atoms with Crippen LogP contribution in [0.5, 0.6) is 5.75 Å². The molecule has 3 aromatic rings. The van der Waals surface area contributed by atoms with Crippen LogP contribution in [0, 0.1) is 0 Å². The maximum absolute atomic E-state index is 12.5. The number of carbonyl (C=O) groups is 1. The Morgan fingerprint density at radius 1 is 0.963 bits per heavy atom. The number of fused-ring (bicyclic) bond motifs is 3. The molecule has 1 aliphatic rings. The zero-order valence-corrected chi connectivity index (χ0v) is 15.1. The second-order valence-electron chi connectivity index (χ2n) is 6.83. The van der Waals surface area contributed by atoms with Crippen LogP contribution in [0.25, 0.3) is 11.1 Å². The topological polar surface area (TPSA) is 49.8 Å². The van der Waals surface area contributed by atoms with Crippen molar-refractivity contribution in [3.8, 4) is 16.9 Å². The molecule has 27 heavy (non-hydrogen) atoms. The molecule has 4 rings (SSSR count). The van der Waals surface area contributed by atoms with E-state index in [2.05, 4.69) is 24.3 Å². The summed E-state index contributed by atoms with van der Waals surface area (Å²) in [4.78, 5) is 14.0. The molecule has 0 aliphatic heterocycles. The molecule has 0 saturated heterocycles. The Morgan fingerprint density at radius 2 is 1.59 bits per heavy atom. The minimum absolute atomic E-state index is 0.0514. The molecule has 0 unspecified atom stereocenters. The van der Waals surface area contributed by atoms with Crippen molar-refractivity contribution in [1.82, 2.24) is 4.90 Å². The van der Waals surface area contributed by atoms with Gasteiger partial charge in [-0.05, 0) is 39.9 Å². The van der Waals surface area contributed by atoms with E-state index in [-0.39, 0.29) is 17.8 Å². The molecule has 1 aliphatic carbocycles. The van der Waals surface area contributed by atoms with Crippen molar-refractivity contribution in [2.24, 2.45) is 0 Å². The van der Waals surface area contributed by atoms with Crippen LogP contribution in [0.3, 0.4) is 0 Å². The van der Waals surface area contributed by atoms with Gasteiger partial charge >= 0.3 is 6.09 Å². The molecule has 1 N–H and O–H groups in total. The number of nitrogens with zero attached hydrogens (tertiary/aromatic N) is 1. The Hall–Kier alpha value is -3.27. The molecule has 0 bridgehead atoms. The molecular weight excluding hydrogens is 338 g/mol. The highest BCUT2D eigenvalue weighted by Gasteiger charge is 2.29. The van der Waals surface area contributed by atoms with E-state index in [1.807, 2.05) is 30.3 Å². The summed E-state index contributed by atoms with van der Waals surface area (Å²) in [5, 5.41) is 9.56. The number of amides is 1. The van der Waals surface area contributed by atoms with E-state index < -0.39 is 0 Å². The first-order chi connectivity index (χ1) is 13.1. The Balaban J connectivity index is 1.46. The first kappa shape index (κ1) is 17.2. The number of aromatic hydroxyl groups is 1. The van der Waals surface area contributed by atoms with Gasteiger partial charge in [-0.2, -0.15) is 0 Å². The SMILES string of the molecule is CN(Cc1cccc(O)c1)C(=O)OCC1c2ccccc2-c2ccccc21. The summed E-state index contributed by atoms with van der Waals surface area (Å²) in [5.74, 6) is 0.240. The van der Waals surface area contributed by atoms with Crippen molar-refractivity contribution in [2.45, 2.75) is 12.5 Å². The summed E-state index contributed by atoms with van der Waals surface area (Å²) in [7, 11) is 1.70. The Kier molecular flexibility index (Phi) is 4.55. The highest BCUT2D eigenvalue weighted by molar-refractivity contribution is 5.79. The first-order valence-electron chi connectivity index (χ1n) is 8.97. The second-order valence-corrected chi connectivity index (χ2v) is 6.83. The fourth-order valence-electron chi connectivity index (χ4n) is 3.70. The maximum Gasteiger partial charge on any atom is 0.409 e. The van der Waals surface area contributed by atoms with Crippen molar-refractivity contribution >= 4 is 6.09 Å². The minimum atomic E-state index is -0.375. The highest BCUT2D eigenvalue weighted by Crippen LogP contribution is 2.44. The first-order valence-corrected chi connectivity index (χ1v) is 8.97. The van der Waals surface area contributed by atoms with Crippen LogP contribution in [0.4, 0.5) is 4.79 Å². The van der Waals surface area contributed by atoms with E-state index in [0.717, 1.165) is 5.56 Å². The van der Waals surface area contributed by atoms with Gasteiger partial charge in [0.1, 0.15) is 12.4 Å². The lowest BCUT2D eigenvalue weighted by Gasteiger charge is -2.20. The number of phenols is 1. The standard InChI is InChI=1S/C23H21NO3/c1-24(14-16-7-6-8-17(25)13-16)23(26)27-15-22-20-11-4-2-9-18(20)19-10-3-5-12-21(19)22/h2-13,22,25H,14-15H2,1H3. The van der Waals surface area contributed by atoms with Crippen LogP contribution >= 0.6 is 0 Å². The van der Waals surface area contributed by atoms with Crippen LogP contribution in [0.2, 0.25) is 0 Å². The Morgan fingerprint density at radius 3 is 2.22 bits per heavy atom. The third-order valence-electron chi connectivity index (χ3n) is 4.98. The summed E-state index contributed by atoms with van der Waals surface area (Å²) in [6, 6.07) is 23.4. The number of rotatable bonds is 4. The van der Waals surface area contributed by atoms with E-state index in [9.17, 15) is 9.90 Å². The number of ether oxygens (including phenoxy) is 1. The lowest BCUT2D eigenvalue weighted by Crippen LogP contribution is -2.28. The summed E-state index contributed by atoms with van der Waals surface area (Å²) in [5.41, 5.74) is 5.67. The van der Waals surface area contributed by atoms with Crippen LogP contribution in [-0.2, 0) is 11.3 Å². The second kappa shape index (κ2) is 7.16. The van der Waals surface area contributed by atoms with Gasteiger partial charge in [-0.3, -0.25) is 0 Å². The van der Waals surface area contributed by atoms with Gasteiger partial charge in [-0.1, -0.05) is 60.7 Å². The van der Waals surface area contributed by atoms with Gasteiger partial charge in [0.25, 0.3) is 0 Å². The van der Waals surface area contributed by atoms with Crippen molar-refractivity contribution in [2.75, 3.05) is 13.7 Å². The van der Waals surface area contributed by atoms with Gasteiger partial charge in [0.2, 0.25) is 0 Å². The molecule has 136 valence electrons. The van der Waals surface area contributed by atoms with Gasteiger partial charge in [0.15, 0.2) is 0 Å². The number of hydrogen-bond acceptors (Lipinski definition) is 3. The molecule has 1 amide bonds. The van der Waals surface area contributed by atoms with Gasteiger partial charge in [0, 0.05) is 19.5 Å². The largest absolute Gasteiger partial charge is 0.508 e. The predicted molar refractivity (Wildman–Crippen MR) is 105 cm³/mol. The van der Waals surface area contributed by atoms with E-state index in [4.69, 9.17) is 4.74 Å². The molecule has 0 fully saturated rings. The fourth-order valence-corrected chi connectivity index (χ4v) is 3.70. The smallest absolute Gasteiger partial charge is 0.409 e. The number of benzene rings is 3. The van der Waals surface area contributed by atoms with Crippen molar-refractivity contribution in [3.05, 3.63) is 89.5 Å². The quantitative estimate of drug-likeness (QED) is 0.730. The zero-order chi connectivity index (χ0) is 18.8. The highest BCUT2D eigenvalue weighted by atomic mass is 16.6. The van der Waals surface area contributed by atoms with Crippen molar-refractivity contribution in [1.29, 1.82) is 0 Å². The van der Waals surface area contributed by atoms with Gasteiger partial charge < -0.3 is 14.7 Å². The molecule has 0 radical (unpaired) electrons. The third kappa shape index (κ3) is 3.38. The molecular formula is C23H21NO3. The average molecular weight is 359 g/mol. The fraction of sp³-hybridized carbons (Fsp3) is 0.174. The predicted octanol–water partition coefficient (Wildman–Crippen LogP) is 4.77. The molecule has 0 heterocycles. The molecule has 0 aromatic heterocycles. The Labute approximate surface area is 158 Å². The third-order valence-corrected chi connectivity index (χ3v) is 4.98. The van der Waals surface area contributed by atoms with Gasteiger partial charge in [-0.15, -0.1) is 0 Å². The van der Waals surface area contributed by atoms with Crippen LogP contribution in [-0.4, -0.2) is 29.8 Å². The molecule has 0 atom stereocenters. The number of phenolic OH excluding ortho intramolecular Hbond substituents is 1. The summed E-state index contributed by atoms with van der Waals surface area (Å²) < 4.78 is 5.63. The van der Waals surface area contributed by atoms with Crippen molar-refractivity contribution in [3.63, 3.8) is 0 Å². The van der Waals surface area contributed by atoms with E-state index >= 15 is 0 Å². The van der Waals surface area contributed by atoms with Crippen LogP contribution < -0.4 is 0 Å². The van der Waals surface area contributed by atoms with Crippen molar-refractivity contribution < 1.29 is 14.6 Å². The monoisotopic (exact) mass is 359 g/mol. The number of hydrogen-bond donors (Lipinski definition) is 1. The van der Waals surface area contributed by atoms with E-state index in [1.54, 1.807) is 25.2 Å². The normalized spacial score (nSPS) is 12.3. The summed E-state index contributed by atoms with van der Waals surface area (Å²) in [6.45, 7) is 0.683. The lowest BCUT2D eigenvalue weighted by atomic mass is 9.98. The molecule has 3 aromatic carbocycles. The van der Waals surface area contributed by atoms with Gasteiger partial charge in [0.05, 0.1) is 0 Å². The molecule has 0 saturated carbocycles. The number of carbonyl (C=O) groups excluding carboxylic acids is 1. The van der Waals surface area contributed by atoms with E-state index in [0.29, 0.717) is 13.2 Å². The van der Waals surface area contributed by atoms with Crippen LogP contribution in [0.15, 0.2) is 72.8 Å². The molecule has 4 nitrogen and oxygen atoms in total. The van der Waals surface area contributed by atoms with E-state index in [1.165, 1.54) is 27.2 Å². The zero-order valence-electron chi connectivity index (χ0n) is 15.1. The average Bonchev–Trinajstić information content (AvgIpc) is 3.00. The van der Waals surface area contributed by atoms with Crippen LogP contribution in [0.1, 0.15) is 22.6 Å². The summed E-state index contributed by atoms with van der Waals surface area (Å²) in [6.07, 6.45) is -0.375. The maximum atomic E-state index is 12.5.